The van der Waals surface area contributed by atoms with Crippen molar-refractivity contribution in [3.05, 3.63) is 58.0 Å². The zero-order chi connectivity index (χ0) is 17.4. The largest absolute Gasteiger partial charge is 0.309 e. The van der Waals surface area contributed by atoms with Crippen LogP contribution in [0.3, 0.4) is 0 Å². The standard InChI is InChI=1S/C17H19FN2OS.C2H6/c18-14-6-2-1-5-13(14)15(10-17(21)16-11-20-16)19-8-7-12-4-3-9-22-12;1-2/h1-6,9,15-16,19-20H,7-8,10-11H2;1-2H3. The van der Waals surface area contributed by atoms with Gasteiger partial charge in [0.1, 0.15) is 5.82 Å². The van der Waals surface area contributed by atoms with Crippen molar-refractivity contribution in [3.8, 4) is 0 Å². The molecular formula is C19H25FN2OS. The van der Waals surface area contributed by atoms with E-state index in [1.165, 1.54) is 10.9 Å². The van der Waals surface area contributed by atoms with Crippen LogP contribution < -0.4 is 10.6 Å². The molecule has 1 aliphatic heterocycles. The number of benzene rings is 1. The van der Waals surface area contributed by atoms with Crippen molar-refractivity contribution in [1.82, 2.24) is 10.6 Å². The second kappa shape index (κ2) is 9.67. The minimum absolute atomic E-state index is 0.0339. The highest BCUT2D eigenvalue weighted by atomic mass is 32.1. The summed E-state index contributed by atoms with van der Waals surface area (Å²) in [5.74, 6) is -0.107. The molecule has 2 N–H and O–H groups in total. The fourth-order valence-electron chi connectivity index (χ4n) is 2.50. The van der Waals surface area contributed by atoms with E-state index in [2.05, 4.69) is 16.7 Å². The second-order valence-electron chi connectivity index (χ2n) is 5.49. The van der Waals surface area contributed by atoms with Crippen LogP contribution in [0.5, 0.6) is 0 Å². The van der Waals surface area contributed by atoms with Gasteiger partial charge in [-0.1, -0.05) is 38.1 Å². The Bertz CT molecular complexity index is 626. The SMILES string of the molecule is CC.O=C(CC(NCCc1cccs1)c1ccccc1F)C1CN1. The molecule has 0 saturated carbocycles. The fourth-order valence-corrected chi connectivity index (χ4v) is 3.21. The van der Waals surface area contributed by atoms with Crippen molar-refractivity contribution in [1.29, 1.82) is 0 Å². The Morgan fingerprint density at radius 2 is 2.08 bits per heavy atom. The van der Waals surface area contributed by atoms with Gasteiger partial charge in [-0.15, -0.1) is 11.3 Å². The van der Waals surface area contributed by atoms with Gasteiger partial charge >= 0.3 is 0 Å². The van der Waals surface area contributed by atoms with Crippen LogP contribution in [0.4, 0.5) is 4.39 Å². The van der Waals surface area contributed by atoms with Gasteiger partial charge in [-0.25, -0.2) is 4.39 Å². The lowest BCUT2D eigenvalue weighted by atomic mass is 9.99. The molecule has 0 radical (unpaired) electrons. The minimum Gasteiger partial charge on any atom is -0.309 e. The highest BCUT2D eigenvalue weighted by Gasteiger charge is 2.31. The summed E-state index contributed by atoms with van der Waals surface area (Å²) in [6.07, 6.45) is 1.21. The predicted octanol–water partition coefficient (Wildman–Crippen LogP) is 3.72. The summed E-state index contributed by atoms with van der Waals surface area (Å²) < 4.78 is 14.0. The van der Waals surface area contributed by atoms with Crippen LogP contribution in [-0.4, -0.2) is 24.9 Å². The van der Waals surface area contributed by atoms with Crippen LogP contribution in [0.2, 0.25) is 0 Å². The molecule has 0 aliphatic carbocycles. The van der Waals surface area contributed by atoms with Crippen LogP contribution >= 0.6 is 11.3 Å². The molecule has 2 aromatic rings. The Labute approximate surface area is 147 Å². The molecule has 3 rings (SSSR count). The molecule has 1 fully saturated rings. The average Bonchev–Trinajstić information content (AvgIpc) is 3.34. The first-order valence-electron chi connectivity index (χ1n) is 8.50. The maximum absolute atomic E-state index is 14.0. The van der Waals surface area contributed by atoms with E-state index in [1.54, 1.807) is 23.5 Å². The first kappa shape index (κ1) is 18.8. The summed E-state index contributed by atoms with van der Waals surface area (Å²) >= 11 is 1.71. The van der Waals surface area contributed by atoms with Crippen LogP contribution in [-0.2, 0) is 11.2 Å². The normalized spacial score (nSPS) is 16.9. The van der Waals surface area contributed by atoms with Crippen molar-refractivity contribution in [2.45, 2.75) is 38.8 Å². The number of nitrogens with one attached hydrogen (secondary N) is 2. The summed E-state index contributed by atoms with van der Waals surface area (Å²) in [5.41, 5.74) is 0.572. The summed E-state index contributed by atoms with van der Waals surface area (Å²) in [6.45, 7) is 5.48. The number of carbonyl (C=O) groups is 1. The third-order valence-corrected chi connectivity index (χ3v) is 4.76. The molecule has 130 valence electrons. The number of hydrogen-bond donors (Lipinski definition) is 2. The molecule has 3 nitrogen and oxygen atoms in total. The van der Waals surface area contributed by atoms with Gasteiger partial charge in [0.2, 0.25) is 0 Å². The Hall–Kier alpha value is -1.56. The number of Topliss-reactive ketones (excluding diaryl/α,β-unsaturated/α-hetero) is 1. The number of carbonyl (C=O) groups excluding carboxylic acids is 1. The van der Waals surface area contributed by atoms with E-state index in [0.717, 1.165) is 19.5 Å². The van der Waals surface area contributed by atoms with Crippen molar-refractivity contribution < 1.29 is 9.18 Å². The fraction of sp³-hybridized carbons (Fsp3) is 0.421. The van der Waals surface area contributed by atoms with Crippen molar-refractivity contribution in [2.24, 2.45) is 0 Å². The quantitative estimate of drug-likeness (QED) is 0.715. The molecule has 1 aromatic carbocycles. The van der Waals surface area contributed by atoms with E-state index in [1.807, 2.05) is 31.4 Å². The predicted molar refractivity (Wildman–Crippen MR) is 97.9 cm³/mol. The van der Waals surface area contributed by atoms with E-state index >= 15 is 0 Å². The van der Waals surface area contributed by atoms with Crippen LogP contribution in [0, 0.1) is 5.82 Å². The van der Waals surface area contributed by atoms with E-state index < -0.39 is 0 Å². The smallest absolute Gasteiger partial charge is 0.152 e. The van der Waals surface area contributed by atoms with Crippen LogP contribution in [0.25, 0.3) is 0 Å². The van der Waals surface area contributed by atoms with Crippen molar-refractivity contribution in [2.75, 3.05) is 13.1 Å². The second-order valence-corrected chi connectivity index (χ2v) is 6.52. The molecule has 0 spiro atoms. The maximum atomic E-state index is 14.0. The van der Waals surface area contributed by atoms with E-state index in [-0.39, 0.29) is 23.7 Å². The molecule has 1 aliphatic rings. The Morgan fingerprint density at radius 3 is 2.71 bits per heavy atom. The molecule has 0 bridgehead atoms. The summed E-state index contributed by atoms with van der Waals surface area (Å²) in [6, 6.07) is 10.5. The zero-order valence-corrected chi connectivity index (χ0v) is 15.0. The third-order valence-electron chi connectivity index (χ3n) is 3.83. The van der Waals surface area contributed by atoms with Crippen LogP contribution in [0.15, 0.2) is 41.8 Å². The summed E-state index contributed by atoms with van der Waals surface area (Å²) in [4.78, 5) is 13.4. The van der Waals surface area contributed by atoms with Gasteiger partial charge in [0, 0.05) is 36.0 Å². The lowest BCUT2D eigenvalue weighted by Crippen LogP contribution is -2.28. The van der Waals surface area contributed by atoms with Gasteiger partial charge in [-0.3, -0.25) is 4.79 Å². The molecule has 1 saturated heterocycles. The minimum atomic E-state index is -0.268. The summed E-state index contributed by atoms with van der Waals surface area (Å²) in [7, 11) is 0. The summed E-state index contributed by atoms with van der Waals surface area (Å²) in [5, 5.41) is 8.41. The van der Waals surface area contributed by atoms with Gasteiger partial charge < -0.3 is 10.6 Å². The number of hydrogen-bond acceptors (Lipinski definition) is 4. The first-order valence-corrected chi connectivity index (χ1v) is 9.38. The molecule has 5 heteroatoms. The zero-order valence-electron chi connectivity index (χ0n) is 14.2. The van der Waals surface area contributed by atoms with Gasteiger partial charge in [0.25, 0.3) is 0 Å². The molecule has 1 aromatic heterocycles. The highest BCUT2D eigenvalue weighted by Crippen LogP contribution is 2.22. The lowest BCUT2D eigenvalue weighted by molar-refractivity contribution is -0.119. The van der Waals surface area contributed by atoms with Gasteiger partial charge in [-0.05, 0) is 23.9 Å². The third kappa shape index (κ3) is 5.51. The van der Waals surface area contributed by atoms with Gasteiger partial charge in [0.15, 0.2) is 5.78 Å². The van der Waals surface area contributed by atoms with Crippen molar-refractivity contribution in [3.63, 3.8) is 0 Å². The molecule has 2 atom stereocenters. The molecular weight excluding hydrogens is 323 g/mol. The van der Waals surface area contributed by atoms with E-state index in [9.17, 15) is 9.18 Å². The molecule has 2 unspecified atom stereocenters. The van der Waals surface area contributed by atoms with E-state index in [4.69, 9.17) is 0 Å². The molecule has 2 heterocycles. The van der Waals surface area contributed by atoms with Gasteiger partial charge in [-0.2, -0.15) is 0 Å². The maximum Gasteiger partial charge on any atom is 0.152 e. The van der Waals surface area contributed by atoms with Crippen LogP contribution in [0.1, 0.15) is 36.8 Å². The van der Waals surface area contributed by atoms with Crippen molar-refractivity contribution >= 4 is 17.1 Å². The Balaban J connectivity index is 0.00000100. The monoisotopic (exact) mass is 348 g/mol. The lowest BCUT2D eigenvalue weighted by Gasteiger charge is -2.19. The Morgan fingerprint density at radius 1 is 1.33 bits per heavy atom. The van der Waals surface area contributed by atoms with E-state index in [0.29, 0.717) is 12.0 Å². The number of halogens is 1. The Kier molecular flexibility index (Phi) is 7.56. The van der Waals surface area contributed by atoms with Gasteiger partial charge in [0.05, 0.1) is 6.04 Å². The topological polar surface area (TPSA) is 51.0 Å². The highest BCUT2D eigenvalue weighted by molar-refractivity contribution is 7.09. The first-order chi connectivity index (χ1) is 11.7. The number of thiophene rings is 1. The number of ketones is 1. The number of rotatable bonds is 8. The molecule has 0 amide bonds. The molecule has 24 heavy (non-hydrogen) atoms. The average molecular weight is 348 g/mol.